The van der Waals surface area contributed by atoms with Crippen molar-refractivity contribution in [2.24, 2.45) is 11.5 Å². The smallest absolute Gasteiger partial charge is 0.233 e. The fourth-order valence-corrected chi connectivity index (χ4v) is 10.8. The molecule has 3 fully saturated rings. The molecule has 11 rings (SSSR count). The van der Waals surface area contributed by atoms with Gasteiger partial charge in [-0.05, 0) is 170 Å². The summed E-state index contributed by atoms with van der Waals surface area (Å²) in [5.41, 5.74) is 17.8. The Bertz CT molecular complexity index is 3650. The zero-order chi connectivity index (χ0) is 72.8. The van der Waals surface area contributed by atoms with Crippen molar-refractivity contribution < 1.29 is 36.5 Å². The molecule has 0 radical (unpaired) electrons. The highest BCUT2D eigenvalue weighted by Gasteiger charge is 2.18. The summed E-state index contributed by atoms with van der Waals surface area (Å²) in [6.07, 6.45) is 22.5. The minimum Gasteiger partial charge on any atom is -0.494 e. The molecule has 12 N–H and O–H groups in total. The van der Waals surface area contributed by atoms with Gasteiger partial charge in [-0.1, -0.05) is 106 Å². The maximum atomic E-state index is 13.9. The molecule has 8 aromatic rings. The van der Waals surface area contributed by atoms with E-state index in [1.807, 2.05) is 13.8 Å². The molecule has 0 saturated heterocycles. The van der Waals surface area contributed by atoms with Crippen LogP contribution in [0.25, 0.3) is 0 Å². The van der Waals surface area contributed by atoms with Crippen molar-refractivity contribution in [1.82, 2.24) is 59.8 Å². The first-order valence-corrected chi connectivity index (χ1v) is 34.5. The van der Waals surface area contributed by atoms with E-state index in [1.165, 1.54) is 161 Å². The Labute approximate surface area is 631 Å². The number of nitrogens with two attached hydrogens (primary N) is 3. The maximum absolute atomic E-state index is 13.9. The molecular formula is C68H97Cl6F4N21O4. The number of hydrogen-bond donors (Lipinski definition) is 9. The van der Waals surface area contributed by atoms with E-state index in [2.05, 4.69) is 96.4 Å². The van der Waals surface area contributed by atoms with Crippen LogP contribution in [0.3, 0.4) is 0 Å². The fraction of sp³-hybridized carbons (Fsp3) is 0.471. The van der Waals surface area contributed by atoms with Crippen LogP contribution in [0.5, 0.6) is 23.0 Å². The molecule has 3 saturated carbocycles. The van der Waals surface area contributed by atoms with Gasteiger partial charge < -0.3 is 68.0 Å². The molecule has 4 heterocycles. The summed E-state index contributed by atoms with van der Waals surface area (Å²) in [7, 11) is 5.65. The second kappa shape index (κ2) is 50.5. The van der Waals surface area contributed by atoms with Crippen molar-refractivity contribution in [3.63, 3.8) is 0 Å². The topological polar surface area (TPSA) is 342 Å². The van der Waals surface area contributed by atoms with Crippen molar-refractivity contribution in [2.45, 2.75) is 170 Å². The largest absolute Gasteiger partial charge is 0.494 e. The molecule has 0 aliphatic heterocycles. The molecule has 0 bridgehead atoms. The predicted molar refractivity (Wildman–Crippen MR) is 410 cm³/mol. The van der Waals surface area contributed by atoms with Crippen molar-refractivity contribution in [2.75, 3.05) is 79.2 Å². The average Bonchev–Trinajstić information content (AvgIpc) is 1.16. The van der Waals surface area contributed by atoms with Gasteiger partial charge in [0, 0.05) is 71.7 Å². The molecule has 25 nitrogen and oxygen atoms in total. The van der Waals surface area contributed by atoms with E-state index >= 15 is 0 Å². The molecule has 0 atom stereocenters. The lowest BCUT2D eigenvalue weighted by molar-refractivity contribution is 0.386. The normalized spacial score (nSPS) is 13.4. The van der Waals surface area contributed by atoms with E-state index < -0.39 is 23.3 Å². The van der Waals surface area contributed by atoms with Crippen LogP contribution in [0.15, 0.2) is 72.8 Å². The molecule has 4 aromatic heterocycles. The lowest BCUT2D eigenvalue weighted by Crippen LogP contribution is -2.21. The number of halogens is 10. The predicted octanol–water partition coefficient (Wildman–Crippen LogP) is 18.7. The standard InChI is InChI=1S/C19H27FN6O.C17H21ClFN5O.C10H7Cl2FN4O.C7H8FNO.C7H15N.C3Cl3N3.C2H7N.3CH4/c1-3-21-17-24-18(22-13-8-6-4-5-7-9-13)26-19(25-17)23-14-10-11-16(27-2)15(20)12-14;1-25-14-9-8-12(10-13(14)19)21-17-23-15(18)22-16(24-17)20-11-6-4-2-3-5-7-11;1-18-7-3-2-5(4-6(7)13)14-10-16-8(11)15-9(12)17-10;1-10-7-3-2-5(9)4-6(7)8;8-7-5-3-1-2-4-6-7;4-1-7-2(5)9-3(6)8-1;1-2-3;;;/h10-13H,3-9H2,1-2H3,(H3,21,22,23,24,25,26);8-11H,2-7H2,1H3,(H2,20,21,22,23,24);2-4H,1H3,(H,14,15,16,17);2-4H,9H2,1H3;7H,1-6,8H2;;2-3H2,1H3;3*1H4. The van der Waals surface area contributed by atoms with Crippen LogP contribution in [-0.2, 0) is 0 Å². The van der Waals surface area contributed by atoms with Crippen molar-refractivity contribution in [1.29, 1.82) is 0 Å². The third kappa shape index (κ3) is 35.4. The van der Waals surface area contributed by atoms with Crippen molar-refractivity contribution in [3.05, 3.63) is 128 Å². The number of nitrogens with zero attached hydrogens (tertiary/aromatic N) is 12. The van der Waals surface area contributed by atoms with Crippen molar-refractivity contribution in [3.8, 4) is 23.0 Å². The third-order valence-corrected chi connectivity index (χ3v) is 15.4. The van der Waals surface area contributed by atoms with E-state index in [4.69, 9.17) is 101 Å². The number of hydrogen-bond acceptors (Lipinski definition) is 25. The molecule has 4 aromatic carbocycles. The Morgan fingerprint density at radius 1 is 0.379 bits per heavy atom. The Morgan fingerprint density at radius 3 is 0.971 bits per heavy atom. The van der Waals surface area contributed by atoms with Crippen LogP contribution in [-0.4, -0.2) is 119 Å². The lowest BCUT2D eigenvalue weighted by atomic mass is 10.1. The van der Waals surface area contributed by atoms with Crippen LogP contribution in [0.4, 0.5) is 76.0 Å². The quantitative estimate of drug-likeness (QED) is 0.0246. The van der Waals surface area contributed by atoms with Gasteiger partial charge in [-0.3, -0.25) is 0 Å². The molecular weight excluding hydrogens is 1460 g/mol. The first kappa shape index (κ1) is 91.2. The fourth-order valence-electron chi connectivity index (χ4n) is 9.72. The molecule has 0 spiro atoms. The van der Waals surface area contributed by atoms with E-state index in [1.54, 1.807) is 30.3 Å². The zero-order valence-corrected chi connectivity index (χ0v) is 60.8. The maximum Gasteiger partial charge on any atom is 0.233 e. The van der Waals surface area contributed by atoms with Crippen LogP contribution in [0.1, 0.15) is 152 Å². The molecule has 568 valence electrons. The SMILES string of the molecule is C.C.C.CCN.CCNc1nc(Nc2ccc(OC)c(F)c2)nc(NC2CCCCCC2)n1.COc1ccc(N)cc1F.COc1ccc(Nc2nc(Cl)nc(Cl)n2)cc1F.COc1ccc(Nc2nc(Cl)nc(NC3CCCCCC3)n2)cc1F.Clc1nc(Cl)nc(Cl)n1.NC1CCCCCC1. The van der Waals surface area contributed by atoms with Gasteiger partial charge in [0.15, 0.2) is 46.3 Å². The Hall–Kier alpha value is -7.90. The van der Waals surface area contributed by atoms with Gasteiger partial charge in [0.05, 0.1) is 28.4 Å². The van der Waals surface area contributed by atoms with Crippen molar-refractivity contribution >= 4 is 128 Å². The highest BCUT2D eigenvalue weighted by Crippen LogP contribution is 2.29. The zero-order valence-electron chi connectivity index (χ0n) is 56.3. The summed E-state index contributed by atoms with van der Waals surface area (Å²) in [6, 6.07) is 19.0. The van der Waals surface area contributed by atoms with E-state index in [0.29, 0.717) is 71.2 Å². The molecule has 35 heteroatoms. The summed E-state index contributed by atoms with van der Waals surface area (Å²) in [6.45, 7) is 5.33. The van der Waals surface area contributed by atoms with Gasteiger partial charge in [0.1, 0.15) is 0 Å². The number of anilines is 10. The van der Waals surface area contributed by atoms with Crippen LogP contribution < -0.4 is 68.0 Å². The number of benzene rings is 4. The van der Waals surface area contributed by atoms with E-state index in [9.17, 15) is 17.6 Å². The number of ether oxygens (including phenoxy) is 4. The number of methoxy groups -OCH3 is 4. The van der Waals surface area contributed by atoms with E-state index in [0.717, 1.165) is 32.2 Å². The summed E-state index contributed by atoms with van der Waals surface area (Å²) in [5, 5.41) is 18.6. The Kier molecular flexibility index (Phi) is 44.7. The van der Waals surface area contributed by atoms with Crippen LogP contribution >= 0.6 is 69.6 Å². The summed E-state index contributed by atoms with van der Waals surface area (Å²) in [5.74, 6) is 1.09. The van der Waals surface area contributed by atoms with E-state index in [-0.39, 0.29) is 88.9 Å². The van der Waals surface area contributed by atoms with Crippen LogP contribution in [0, 0.1) is 23.3 Å². The van der Waals surface area contributed by atoms with Crippen LogP contribution in [0.2, 0.25) is 31.7 Å². The van der Waals surface area contributed by atoms with Gasteiger partial charge in [0.25, 0.3) is 0 Å². The first-order chi connectivity index (χ1) is 48.1. The number of nitrogen functional groups attached to an aromatic ring is 1. The van der Waals surface area contributed by atoms with Gasteiger partial charge in [-0.15, -0.1) is 0 Å². The average molecular weight is 1560 g/mol. The number of aromatic nitrogens is 12. The number of nitrogens with one attached hydrogen (secondary N) is 6. The van der Waals surface area contributed by atoms with Gasteiger partial charge >= 0.3 is 0 Å². The Balaban J connectivity index is 0.000000436. The molecule has 0 unspecified atom stereocenters. The third-order valence-electron chi connectivity index (χ3n) is 14.4. The summed E-state index contributed by atoms with van der Waals surface area (Å²) in [4.78, 5) is 47.4. The molecule has 103 heavy (non-hydrogen) atoms. The van der Waals surface area contributed by atoms with Gasteiger partial charge in [0.2, 0.25) is 67.4 Å². The highest BCUT2D eigenvalue weighted by atomic mass is 35.5. The molecule has 3 aliphatic rings. The molecule has 0 amide bonds. The Morgan fingerprint density at radius 2 is 0.641 bits per heavy atom. The molecule has 3 aliphatic carbocycles. The van der Waals surface area contributed by atoms with Gasteiger partial charge in [-0.25, -0.2) is 17.6 Å². The minimum absolute atomic E-state index is 0. The van der Waals surface area contributed by atoms with Gasteiger partial charge in [-0.2, -0.15) is 59.8 Å². The summed E-state index contributed by atoms with van der Waals surface area (Å²) >= 11 is 33.2. The summed E-state index contributed by atoms with van der Waals surface area (Å²) < 4.78 is 73.2. The number of rotatable bonds is 16. The highest BCUT2D eigenvalue weighted by molar-refractivity contribution is 6.33. The second-order valence-corrected chi connectivity index (χ2v) is 24.1. The lowest BCUT2D eigenvalue weighted by Gasteiger charge is -2.17. The minimum atomic E-state index is -0.506. The monoisotopic (exact) mass is 1560 g/mol. The first-order valence-electron chi connectivity index (χ1n) is 32.2. The second-order valence-electron chi connectivity index (χ2n) is 22.1.